The molecule has 8 N–H and O–H groups in total. The Labute approximate surface area is 370 Å². The zero-order valence-corrected chi connectivity index (χ0v) is 37.2. The molecule has 3 heterocycles. The zero-order chi connectivity index (χ0) is 47.4. The number of anilines is 1. The number of Topliss-reactive ketones (excluding diaryl/α,β-unsaturated/α-hetero) is 1. The van der Waals surface area contributed by atoms with Crippen LogP contribution in [0.5, 0.6) is 23.0 Å². The van der Waals surface area contributed by atoms with Crippen molar-refractivity contribution in [3.05, 3.63) is 88.2 Å². The predicted molar refractivity (Wildman–Crippen MR) is 236 cm³/mol. The van der Waals surface area contributed by atoms with Crippen molar-refractivity contribution in [2.24, 2.45) is 28.8 Å². The molecule has 3 aliphatic heterocycles. The van der Waals surface area contributed by atoms with E-state index in [0.29, 0.717) is 5.56 Å². The summed E-state index contributed by atoms with van der Waals surface area (Å²) in [6, 6.07) is 6.50. The highest BCUT2D eigenvalue weighted by atomic mass is 16.7. The number of methoxy groups -OCH3 is 1. The van der Waals surface area contributed by atoms with E-state index >= 15 is 0 Å². The van der Waals surface area contributed by atoms with Gasteiger partial charge < -0.3 is 54.9 Å². The molecule has 0 aliphatic carbocycles. The molecule has 3 aliphatic rings. The summed E-state index contributed by atoms with van der Waals surface area (Å²) in [5, 5.41) is 73.8. The topological polar surface area (TPSA) is 263 Å². The number of hydrazone groups is 1. The van der Waals surface area contributed by atoms with Crippen LogP contribution in [-0.4, -0.2) is 104 Å². The third kappa shape index (κ3) is 9.62. The van der Waals surface area contributed by atoms with Crippen LogP contribution in [0, 0.1) is 30.6 Å². The average Bonchev–Trinajstić information content (AvgIpc) is 3.53. The summed E-state index contributed by atoms with van der Waals surface area (Å²) in [6.45, 7) is 12.0. The molecule has 344 valence electrons. The molecule has 17 heteroatoms. The molecule has 0 spiro atoms. The van der Waals surface area contributed by atoms with Crippen LogP contribution >= 0.6 is 0 Å². The van der Waals surface area contributed by atoms with Crippen LogP contribution in [0.2, 0.25) is 0 Å². The fraction of sp³-hybridized carbons (Fsp3) is 0.426. The maximum atomic E-state index is 14.5. The molecule has 3 aromatic carbocycles. The second-order valence-electron chi connectivity index (χ2n) is 16.4. The van der Waals surface area contributed by atoms with Gasteiger partial charge in [-0.05, 0) is 38.0 Å². The summed E-state index contributed by atoms with van der Waals surface area (Å²) in [5.74, 6) is -10.0. The van der Waals surface area contributed by atoms with E-state index in [0.717, 1.165) is 12.5 Å². The summed E-state index contributed by atoms with van der Waals surface area (Å²) in [4.78, 5) is 53.9. The number of aliphatic hydroxyl groups excluding tert-OH is 3. The van der Waals surface area contributed by atoms with Gasteiger partial charge in [-0.1, -0.05) is 64.1 Å². The van der Waals surface area contributed by atoms with Gasteiger partial charge in [-0.25, -0.2) is 5.43 Å². The number of esters is 1. The van der Waals surface area contributed by atoms with Crippen molar-refractivity contribution in [2.75, 3.05) is 19.0 Å². The van der Waals surface area contributed by atoms with Crippen LogP contribution < -0.4 is 15.5 Å². The number of fused-ring (bicyclic) bond motifs is 14. The van der Waals surface area contributed by atoms with Gasteiger partial charge in [0, 0.05) is 73.3 Å². The Hall–Kier alpha value is -6.27. The van der Waals surface area contributed by atoms with Crippen LogP contribution in [0.15, 0.2) is 65.5 Å². The Kier molecular flexibility index (Phi) is 15.3. The fourth-order valence-corrected chi connectivity index (χ4v) is 8.17. The fourth-order valence-electron chi connectivity index (χ4n) is 8.17. The van der Waals surface area contributed by atoms with E-state index < -0.39 is 106 Å². The Morgan fingerprint density at radius 2 is 1.64 bits per heavy atom. The molecule has 64 heavy (non-hydrogen) atoms. The Morgan fingerprint density at radius 3 is 2.30 bits per heavy atom. The summed E-state index contributed by atoms with van der Waals surface area (Å²) in [6.07, 6.45) is 4.25. The van der Waals surface area contributed by atoms with Crippen molar-refractivity contribution in [3.63, 3.8) is 0 Å². The molecule has 0 radical (unpaired) electrons. The SMILES string of the molecule is COC1/C=C/OC2(C)Oc3c(C)c(O)c4c(O)c(c(/C=N/NC(=O)c5ccccc5CCO)c(O)c4c3C2=O)NC(=O)/C(C)=C\C=C\C(C)C(O)C(C)C(O)C(C)C(OC(C)=O)C1C. The van der Waals surface area contributed by atoms with Crippen molar-refractivity contribution >= 4 is 46.2 Å². The van der Waals surface area contributed by atoms with E-state index in [4.69, 9.17) is 18.9 Å². The highest BCUT2D eigenvalue weighted by Crippen LogP contribution is 2.55. The lowest BCUT2D eigenvalue weighted by molar-refractivity contribution is -0.160. The summed E-state index contributed by atoms with van der Waals surface area (Å²) >= 11 is 0. The minimum Gasteiger partial charge on any atom is -0.507 e. The van der Waals surface area contributed by atoms with Crippen LogP contribution in [0.1, 0.15) is 85.9 Å². The molecular formula is C47H57N3O14. The highest BCUT2D eigenvalue weighted by Gasteiger charge is 2.50. The number of amides is 2. The quantitative estimate of drug-likeness (QED) is 0.0508. The number of aliphatic hydroxyl groups is 3. The standard InChI is InChI=1S/C47H57N3O14/c1-22-13-12-14-23(2)45(59)49-36-31(21-48-50-46(60)30-16-11-10-15-29(30)17-19-51)40(56)33-34(41(36)57)39(55)27(6)43-35(33)44(58)47(8,64-43)62-20-18-32(61-9)24(3)42(63-28(7)52)26(5)38(54)25(4)37(22)53/h10-16,18,20-22,24-26,32,37-38,42,51,53-57H,17,19H2,1-9H3,(H,49,59)(H,50,60)/b13-12+,20-18+,23-14-,48-21+. The third-order valence-electron chi connectivity index (χ3n) is 12.0. The van der Waals surface area contributed by atoms with Crippen molar-refractivity contribution in [2.45, 2.75) is 92.0 Å². The number of rotatable bonds is 7. The van der Waals surface area contributed by atoms with Gasteiger partial charge >= 0.3 is 11.8 Å². The number of nitrogens with one attached hydrogen (secondary N) is 2. The van der Waals surface area contributed by atoms with Crippen LogP contribution in [-0.2, 0) is 30.2 Å². The van der Waals surface area contributed by atoms with Gasteiger partial charge in [0.2, 0.25) is 0 Å². The van der Waals surface area contributed by atoms with Gasteiger partial charge in [-0.2, -0.15) is 5.10 Å². The molecule has 9 unspecified atom stereocenters. The lowest BCUT2D eigenvalue weighted by Gasteiger charge is -2.38. The van der Waals surface area contributed by atoms with Gasteiger partial charge in [-0.15, -0.1) is 0 Å². The number of hydrogen-bond donors (Lipinski definition) is 8. The van der Waals surface area contributed by atoms with Crippen molar-refractivity contribution < 1.29 is 68.8 Å². The lowest BCUT2D eigenvalue weighted by Crippen LogP contribution is -2.46. The van der Waals surface area contributed by atoms with Crippen molar-refractivity contribution in [1.82, 2.24) is 5.43 Å². The van der Waals surface area contributed by atoms with Crippen LogP contribution in [0.25, 0.3) is 10.8 Å². The molecule has 0 aromatic heterocycles. The van der Waals surface area contributed by atoms with Gasteiger partial charge in [0.25, 0.3) is 17.6 Å². The zero-order valence-electron chi connectivity index (χ0n) is 37.2. The number of carbonyl (C=O) groups is 4. The molecule has 3 aromatic rings. The van der Waals surface area contributed by atoms with E-state index in [1.807, 2.05) is 0 Å². The molecule has 0 fully saturated rings. The minimum absolute atomic E-state index is 0.0215. The third-order valence-corrected chi connectivity index (χ3v) is 12.0. The number of ketones is 1. The number of phenols is 3. The number of aromatic hydroxyl groups is 3. The average molecular weight is 888 g/mol. The monoisotopic (exact) mass is 887 g/mol. The normalized spacial score (nSPS) is 28.5. The number of hydrogen-bond acceptors (Lipinski definition) is 15. The first-order valence-corrected chi connectivity index (χ1v) is 20.8. The summed E-state index contributed by atoms with van der Waals surface area (Å²) in [7, 11) is 1.41. The predicted octanol–water partition coefficient (Wildman–Crippen LogP) is 5.05. The largest absolute Gasteiger partial charge is 0.507 e. The second-order valence-corrected chi connectivity index (χ2v) is 16.4. The Balaban J connectivity index is 1.70. The smallest absolute Gasteiger partial charge is 0.312 e. The van der Waals surface area contributed by atoms with E-state index in [-0.39, 0.29) is 52.0 Å². The first-order chi connectivity index (χ1) is 30.2. The highest BCUT2D eigenvalue weighted by molar-refractivity contribution is 6.24. The first kappa shape index (κ1) is 48.8. The van der Waals surface area contributed by atoms with E-state index in [1.54, 1.807) is 52.0 Å². The maximum Gasteiger partial charge on any atom is 0.312 e. The van der Waals surface area contributed by atoms with Crippen molar-refractivity contribution in [3.8, 4) is 23.0 Å². The van der Waals surface area contributed by atoms with Crippen molar-refractivity contribution in [1.29, 1.82) is 0 Å². The molecule has 6 rings (SSSR count). The Bertz CT molecular complexity index is 2420. The number of ether oxygens (including phenoxy) is 4. The van der Waals surface area contributed by atoms with Crippen LogP contribution in [0.4, 0.5) is 5.69 Å². The number of carbonyl (C=O) groups excluding carboxylic acids is 4. The van der Waals surface area contributed by atoms with Gasteiger partial charge in [0.1, 0.15) is 23.4 Å². The molecule has 5 bridgehead atoms. The Morgan fingerprint density at radius 1 is 0.953 bits per heavy atom. The molecule has 17 nitrogen and oxygen atoms in total. The van der Waals surface area contributed by atoms with E-state index in [9.17, 15) is 49.8 Å². The molecule has 9 atom stereocenters. The molecule has 0 saturated carbocycles. The maximum absolute atomic E-state index is 14.5. The molecule has 0 saturated heterocycles. The number of nitrogens with zero attached hydrogens (tertiary/aromatic N) is 1. The van der Waals surface area contributed by atoms with Gasteiger partial charge in [0.15, 0.2) is 5.75 Å². The molecule has 2 amide bonds. The van der Waals surface area contributed by atoms with Crippen LogP contribution in [0.3, 0.4) is 0 Å². The minimum atomic E-state index is -2.13. The van der Waals surface area contributed by atoms with Gasteiger partial charge in [-0.3, -0.25) is 19.2 Å². The van der Waals surface area contributed by atoms with Gasteiger partial charge in [0.05, 0.1) is 53.0 Å². The summed E-state index contributed by atoms with van der Waals surface area (Å²) < 4.78 is 23.5. The lowest BCUT2D eigenvalue weighted by atomic mass is 9.78. The van der Waals surface area contributed by atoms with E-state index in [2.05, 4.69) is 15.8 Å². The second kappa shape index (κ2) is 20.1. The summed E-state index contributed by atoms with van der Waals surface area (Å²) in [5.41, 5.74) is 2.01. The first-order valence-electron chi connectivity index (χ1n) is 20.8. The molecular weight excluding hydrogens is 831 g/mol. The number of benzene rings is 3. The van der Waals surface area contributed by atoms with E-state index in [1.165, 1.54) is 59.1 Å². The number of phenolic OH excluding ortho intramolecular Hbond substituents is 3. The number of allylic oxidation sites excluding steroid dienone is 2.